The van der Waals surface area contributed by atoms with Gasteiger partial charge in [0, 0.05) is 12.1 Å². The molecule has 0 atom stereocenters. The fraction of sp³-hybridized carbons (Fsp3) is 0.0690. The van der Waals surface area contributed by atoms with Crippen LogP contribution in [-0.2, 0) is 17.9 Å². The number of aromatic carboxylic acids is 2. The second kappa shape index (κ2) is 12.4. The van der Waals surface area contributed by atoms with E-state index in [9.17, 15) is 39.8 Å². The molecule has 4 rings (SSSR count). The topological polar surface area (TPSA) is 183 Å². The van der Waals surface area contributed by atoms with E-state index in [0.29, 0.717) is 17.7 Å². The van der Waals surface area contributed by atoms with Gasteiger partial charge in [-0.15, -0.1) is 0 Å². The quantitative estimate of drug-likeness (QED) is 0.0737. The summed E-state index contributed by atoms with van der Waals surface area (Å²) in [6.07, 6.45) is 0.524. The SMILES string of the molecule is O=C(O)c1cc(O)ccc1COOc1ccc(Cc2ccc(OC(=O)c3ccc([N+](=O)[O-])cc3C(=O)O)cc2)cc1. The molecule has 41 heavy (non-hydrogen) atoms. The zero-order chi connectivity index (χ0) is 29.5. The van der Waals surface area contributed by atoms with Crippen LogP contribution in [0.5, 0.6) is 17.2 Å². The Bertz CT molecular complexity index is 1610. The van der Waals surface area contributed by atoms with Crippen LogP contribution >= 0.6 is 0 Å². The molecule has 0 aliphatic rings. The lowest BCUT2D eigenvalue weighted by Crippen LogP contribution is -2.14. The van der Waals surface area contributed by atoms with Gasteiger partial charge in [-0.25, -0.2) is 14.4 Å². The summed E-state index contributed by atoms with van der Waals surface area (Å²) >= 11 is 0. The van der Waals surface area contributed by atoms with Crippen LogP contribution < -0.4 is 9.62 Å². The first-order valence-corrected chi connectivity index (χ1v) is 11.9. The Morgan fingerprint density at radius 3 is 1.93 bits per heavy atom. The number of ether oxygens (including phenoxy) is 1. The molecule has 0 aliphatic heterocycles. The maximum Gasteiger partial charge on any atom is 0.344 e. The minimum atomic E-state index is -1.50. The van der Waals surface area contributed by atoms with E-state index in [4.69, 9.17) is 14.5 Å². The Labute approximate surface area is 231 Å². The summed E-state index contributed by atoms with van der Waals surface area (Å²) in [7, 11) is 0. The second-order valence-electron chi connectivity index (χ2n) is 8.64. The van der Waals surface area contributed by atoms with Crippen LogP contribution in [0.2, 0.25) is 0 Å². The highest BCUT2D eigenvalue weighted by molar-refractivity contribution is 6.03. The van der Waals surface area contributed by atoms with Gasteiger partial charge in [0.1, 0.15) is 18.1 Å². The van der Waals surface area contributed by atoms with E-state index in [-0.39, 0.29) is 29.2 Å². The Hall–Kier alpha value is -5.75. The number of nitrogens with zero attached hydrogens (tertiary/aromatic N) is 1. The molecule has 12 nitrogen and oxygen atoms in total. The molecular weight excluding hydrogens is 538 g/mol. The fourth-order valence-electron chi connectivity index (χ4n) is 3.79. The number of non-ortho nitro benzene ring substituents is 1. The predicted octanol–water partition coefficient (Wildman–Crippen LogP) is 5.02. The molecule has 0 spiro atoms. The highest BCUT2D eigenvalue weighted by Gasteiger charge is 2.22. The minimum Gasteiger partial charge on any atom is -0.508 e. The summed E-state index contributed by atoms with van der Waals surface area (Å²) in [5, 5.41) is 39.0. The number of nitro benzene ring substituents is 1. The number of rotatable bonds is 11. The van der Waals surface area contributed by atoms with Crippen molar-refractivity contribution in [1.82, 2.24) is 0 Å². The average Bonchev–Trinajstić information content (AvgIpc) is 2.95. The van der Waals surface area contributed by atoms with Crippen molar-refractivity contribution in [3.63, 3.8) is 0 Å². The van der Waals surface area contributed by atoms with Crippen LogP contribution in [0.25, 0.3) is 0 Å². The first-order valence-electron chi connectivity index (χ1n) is 11.9. The van der Waals surface area contributed by atoms with Gasteiger partial charge in [0.25, 0.3) is 5.69 Å². The normalized spacial score (nSPS) is 10.5. The Morgan fingerprint density at radius 2 is 1.34 bits per heavy atom. The molecule has 0 saturated heterocycles. The largest absolute Gasteiger partial charge is 0.508 e. The van der Waals surface area contributed by atoms with E-state index in [1.54, 1.807) is 48.5 Å². The molecule has 0 unspecified atom stereocenters. The Balaban J connectivity index is 1.32. The molecule has 0 aromatic heterocycles. The van der Waals surface area contributed by atoms with Gasteiger partial charge >= 0.3 is 17.9 Å². The number of aromatic hydroxyl groups is 1. The maximum absolute atomic E-state index is 12.5. The molecule has 12 heteroatoms. The second-order valence-corrected chi connectivity index (χ2v) is 8.64. The first kappa shape index (κ1) is 28.3. The van der Waals surface area contributed by atoms with Gasteiger partial charge in [0.2, 0.25) is 0 Å². The lowest BCUT2D eigenvalue weighted by molar-refractivity contribution is -0.384. The average molecular weight is 559 g/mol. The third-order valence-electron chi connectivity index (χ3n) is 5.82. The van der Waals surface area contributed by atoms with Crippen LogP contribution in [0.3, 0.4) is 0 Å². The number of benzene rings is 4. The van der Waals surface area contributed by atoms with Crippen LogP contribution in [0.1, 0.15) is 47.8 Å². The van der Waals surface area contributed by atoms with Crippen LogP contribution in [0.15, 0.2) is 84.9 Å². The van der Waals surface area contributed by atoms with Crippen LogP contribution in [0.4, 0.5) is 5.69 Å². The molecule has 0 saturated carbocycles. The van der Waals surface area contributed by atoms with Gasteiger partial charge in [-0.3, -0.25) is 10.1 Å². The lowest BCUT2D eigenvalue weighted by atomic mass is 10.0. The number of hydrogen-bond acceptors (Lipinski definition) is 9. The number of phenols is 1. The molecule has 0 bridgehead atoms. The zero-order valence-corrected chi connectivity index (χ0v) is 21.1. The molecule has 0 fully saturated rings. The van der Waals surface area contributed by atoms with Crippen molar-refractivity contribution in [3.05, 3.63) is 128 Å². The van der Waals surface area contributed by atoms with Crippen molar-refractivity contribution in [2.24, 2.45) is 0 Å². The molecule has 0 amide bonds. The maximum atomic E-state index is 12.5. The lowest BCUT2D eigenvalue weighted by Gasteiger charge is -2.09. The Morgan fingerprint density at radius 1 is 0.732 bits per heavy atom. The number of carboxylic acid groups (broad SMARTS) is 2. The summed E-state index contributed by atoms with van der Waals surface area (Å²) in [6, 6.07) is 20.3. The third kappa shape index (κ3) is 7.22. The van der Waals surface area contributed by atoms with E-state index >= 15 is 0 Å². The van der Waals surface area contributed by atoms with Gasteiger partial charge in [-0.1, -0.05) is 30.3 Å². The standard InChI is InChI=1S/C29H21NO11/c31-21-7-5-19(25(15-21)27(32)33)16-39-41-23-10-3-18(4-11-23)13-17-1-8-22(9-2-17)40-29(36)24-12-6-20(30(37)38)14-26(24)28(34)35/h1-12,14-15,31H,13,16H2,(H,32,33)(H,34,35). The molecule has 0 aliphatic carbocycles. The number of esters is 1. The van der Waals surface area contributed by atoms with Gasteiger partial charge in [0.05, 0.1) is 21.6 Å². The van der Waals surface area contributed by atoms with E-state index in [1.807, 2.05) is 0 Å². The summed E-state index contributed by atoms with van der Waals surface area (Å²) < 4.78 is 5.26. The highest BCUT2D eigenvalue weighted by atomic mass is 17.2. The van der Waals surface area contributed by atoms with E-state index in [2.05, 4.69) is 0 Å². The molecule has 3 N–H and O–H groups in total. The highest BCUT2D eigenvalue weighted by Crippen LogP contribution is 2.23. The monoisotopic (exact) mass is 559 g/mol. The summed E-state index contributed by atoms with van der Waals surface area (Å²) in [5.41, 5.74) is 0.722. The zero-order valence-electron chi connectivity index (χ0n) is 21.1. The number of carbonyl (C=O) groups is 3. The number of hydrogen-bond donors (Lipinski definition) is 3. The molecule has 4 aromatic rings. The number of phenolic OH excluding ortho intramolecular Hbond substituents is 1. The van der Waals surface area contributed by atoms with Crippen molar-refractivity contribution >= 4 is 23.6 Å². The predicted molar refractivity (Wildman–Crippen MR) is 141 cm³/mol. The molecule has 208 valence electrons. The Kier molecular flexibility index (Phi) is 8.55. The van der Waals surface area contributed by atoms with E-state index in [0.717, 1.165) is 35.4 Å². The summed E-state index contributed by atoms with van der Waals surface area (Å²) in [6.45, 7) is -0.150. The smallest absolute Gasteiger partial charge is 0.344 e. The van der Waals surface area contributed by atoms with Crippen molar-refractivity contribution in [2.75, 3.05) is 0 Å². The van der Waals surface area contributed by atoms with E-state index < -0.39 is 34.1 Å². The summed E-state index contributed by atoms with van der Waals surface area (Å²) in [4.78, 5) is 55.9. The van der Waals surface area contributed by atoms with Crippen molar-refractivity contribution in [1.29, 1.82) is 0 Å². The first-order chi connectivity index (χ1) is 19.6. The van der Waals surface area contributed by atoms with Crippen LogP contribution in [0, 0.1) is 10.1 Å². The third-order valence-corrected chi connectivity index (χ3v) is 5.82. The van der Waals surface area contributed by atoms with Gasteiger partial charge in [-0.05, 0) is 65.6 Å². The van der Waals surface area contributed by atoms with Crippen molar-refractivity contribution in [3.8, 4) is 17.2 Å². The summed E-state index contributed by atoms with van der Waals surface area (Å²) in [5.74, 6) is -3.29. The van der Waals surface area contributed by atoms with E-state index in [1.165, 1.54) is 12.1 Å². The van der Waals surface area contributed by atoms with Crippen molar-refractivity contribution in [2.45, 2.75) is 13.0 Å². The van der Waals surface area contributed by atoms with Crippen LogP contribution in [-0.4, -0.2) is 38.2 Å². The fourth-order valence-corrected chi connectivity index (χ4v) is 3.79. The number of nitro groups is 1. The van der Waals surface area contributed by atoms with Gasteiger partial charge in [0.15, 0.2) is 5.75 Å². The number of carbonyl (C=O) groups excluding carboxylic acids is 1. The molecule has 0 heterocycles. The number of carboxylic acids is 2. The van der Waals surface area contributed by atoms with Gasteiger partial charge in [-0.2, -0.15) is 4.89 Å². The van der Waals surface area contributed by atoms with Gasteiger partial charge < -0.3 is 24.9 Å². The molecular formula is C29H21NO11. The van der Waals surface area contributed by atoms with Crippen molar-refractivity contribution < 1.29 is 49.1 Å². The molecule has 0 radical (unpaired) electrons. The minimum absolute atomic E-state index is 0.0962. The molecule has 4 aromatic carbocycles.